The van der Waals surface area contributed by atoms with Crippen molar-refractivity contribution in [1.29, 1.82) is 0 Å². The quantitative estimate of drug-likeness (QED) is 0.734. The molecule has 0 aliphatic carbocycles. The summed E-state index contributed by atoms with van der Waals surface area (Å²) in [5, 5.41) is 17.5. The lowest BCUT2D eigenvalue weighted by molar-refractivity contribution is 0.448. The fourth-order valence-corrected chi connectivity index (χ4v) is 1.61. The first-order valence-electron chi connectivity index (χ1n) is 4.75. The fraction of sp³-hybridized carbons (Fsp3) is 0. The SMILES string of the molecule is Clc1nc(Cl)nc(Nc2ccccc2Cl)n1.O[B]O. The zero-order chi connectivity index (χ0) is 14.3. The van der Waals surface area contributed by atoms with Crippen LogP contribution < -0.4 is 5.32 Å². The van der Waals surface area contributed by atoms with E-state index in [1.165, 1.54) is 0 Å². The van der Waals surface area contributed by atoms with E-state index in [2.05, 4.69) is 20.3 Å². The molecule has 1 aromatic heterocycles. The molecule has 1 aromatic carbocycles. The van der Waals surface area contributed by atoms with Crippen molar-refractivity contribution < 1.29 is 10.0 Å². The van der Waals surface area contributed by atoms with E-state index in [0.29, 0.717) is 10.7 Å². The second kappa shape index (κ2) is 8.14. The van der Waals surface area contributed by atoms with E-state index >= 15 is 0 Å². The van der Waals surface area contributed by atoms with Gasteiger partial charge in [-0.1, -0.05) is 23.7 Å². The van der Waals surface area contributed by atoms with Crippen molar-refractivity contribution in [3.8, 4) is 0 Å². The Hall–Kier alpha value is -1.12. The molecule has 0 aliphatic rings. The van der Waals surface area contributed by atoms with Crippen molar-refractivity contribution in [1.82, 2.24) is 15.0 Å². The van der Waals surface area contributed by atoms with E-state index in [1.807, 2.05) is 12.1 Å². The lowest BCUT2D eigenvalue weighted by Crippen LogP contribution is -1.99. The minimum atomic E-state index is 0. The first kappa shape index (κ1) is 15.9. The maximum Gasteiger partial charge on any atom is 0.482 e. The average Bonchev–Trinajstić information content (AvgIpc) is 2.32. The van der Waals surface area contributed by atoms with Crippen LogP contribution in [0, 0.1) is 0 Å². The van der Waals surface area contributed by atoms with Crippen LogP contribution in [0.25, 0.3) is 0 Å². The van der Waals surface area contributed by atoms with Gasteiger partial charge in [0, 0.05) is 0 Å². The van der Waals surface area contributed by atoms with Crippen LogP contribution in [0.5, 0.6) is 0 Å². The Bertz CT molecular complexity index is 526. The predicted molar refractivity (Wildman–Crippen MR) is 74.8 cm³/mol. The average molecular weight is 320 g/mol. The Labute approximate surface area is 124 Å². The highest BCUT2D eigenvalue weighted by Crippen LogP contribution is 2.23. The zero-order valence-electron chi connectivity index (χ0n) is 9.26. The number of anilines is 2. The first-order chi connectivity index (χ1) is 9.06. The molecule has 0 saturated carbocycles. The molecule has 3 N–H and O–H groups in total. The van der Waals surface area contributed by atoms with Gasteiger partial charge in [-0.25, -0.2) is 0 Å². The summed E-state index contributed by atoms with van der Waals surface area (Å²) in [6, 6.07) is 7.18. The third-order valence-electron chi connectivity index (χ3n) is 1.70. The van der Waals surface area contributed by atoms with Gasteiger partial charge in [-0.2, -0.15) is 15.0 Å². The van der Waals surface area contributed by atoms with Crippen LogP contribution in [0.1, 0.15) is 0 Å². The number of nitrogens with zero attached hydrogens (tertiary/aromatic N) is 3. The Morgan fingerprint density at radius 3 is 2.00 bits per heavy atom. The lowest BCUT2D eigenvalue weighted by atomic mass is 10.3. The maximum atomic E-state index is 7.00. The Morgan fingerprint density at radius 2 is 1.47 bits per heavy atom. The minimum Gasteiger partial charge on any atom is -0.429 e. The second-order valence-electron chi connectivity index (χ2n) is 2.92. The molecule has 2 rings (SSSR count). The third kappa shape index (κ3) is 5.58. The molecule has 2 aromatic rings. The molecule has 0 amide bonds. The van der Waals surface area contributed by atoms with Crippen molar-refractivity contribution in [2.45, 2.75) is 0 Å². The number of rotatable bonds is 2. The molecule has 0 saturated heterocycles. The monoisotopic (exact) mass is 319 g/mol. The van der Waals surface area contributed by atoms with Crippen LogP contribution in [-0.4, -0.2) is 32.7 Å². The molecule has 0 bridgehead atoms. The van der Waals surface area contributed by atoms with Gasteiger partial charge < -0.3 is 15.4 Å². The number of halogens is 3. The van der Waals surface area contributed by atoms with Crippen LogP contribution in [0.3, 0.4) is 0 Å². The van der Waals surface area contributed by atoms with Gasteiger partial charge in [-0.15, -0.1) is 0 Å². The summed E-state index contributed by atoms with van der Waals surface area (Å²) >= 11 is 17.2. The van der Waals surface area contributed by atoms with Crippen LogP contribution in [0.2, 0.25) is 15.6 Å². The molecule has 0 aliphatic heterocycles. The topological polar surface area (TPSA) is 91.2 Å². The summed E-state index contributed by atoms with van der Waals surface area (Å²) in [6.45, 7) is 0. The molecule has 10 heteroatoms. The number of aromatic nitrogens is 3. The van der Waals surface area contributed by atoms with Crippen LogP contribution in [-0.2, 0) is 0 Å². The highest BCUT2D eigenvalue weighted by molar-refractivity contribution is 6.33. The van der Waals surface area contributed by atoms with E-state index in [4.69, 9.17) is 44.9 Å². The second-order valence-corrected chi connectivity index (χ2v) is 4.00. The summed E-state index contributed by atoms with van der Waals surface area (Å²) in [5.74, 6) is 0.248. The van der Waals surface area contributed by atoms with Gasteiger partial charge in [-0.3, -0.25) is 0 Å². The molecule has 0 unspecified atom stereocenters. The normalized spacial score (nSPS) is 9.32. The molecule has 0 spiro atoms. The Morgan fingerprint density at radius 1 is 0.947 bits per heavy atom. The highest BCUT2D eigenvalue weighted by Gasteiger charge is 2.05. The van der Waals surface area contributed by atoms with Crippen LogP contribution in [0.15, 0.2) is 24.3 Å². The lowest BCUT2D eigenvalue weighted by Gasteiger charge is -2.06. The van der Waals surface area contributed by atoms with Gasteiger partial charge in [0.15, 0.2) is 0 Å². The van der Waals surface area contributed by atoms with Gasteiger partial charge in [0.2, 0.25) is 16.5 Å². The standard InChI is InChI=1S/C9H5Cl3N4.BH2O2/c10-5-3-1-2-4-6(5)13-9-15-7(11)14-8(12)16-9;2-1-3/h1-4H,(H,13,14,15,16);2-3H. The number of nitrogens with one attached hydrogen (secondary N) is 1. The largest absolute Gasteiger partial charge is 0.482 e. The number of benzene rings is 1. The van der Waals surface area contributed by atoms with Crippen LogP contribution in [0.4, 0.5) is 11.6 Å². The third-order valence-corrected chi connectivity index (χ3v) is 2.37. The predicted octanol–water partition coefficient (Wildman–Crippen LogP) is 2.08. The van der Waals surface area contributed by atoms with Crippen molar-refractivity contribution in [3.05, 3.63) is 39.9 Å². The van der Waals surface area contributed by atoms with Crippen molar-refractivity contribution >= 4 is 54.1 Å². The zero-order valence-corrected chi connectivity index (χ0v) is 11.5. The fourth-order valence-electron chi connectivity index (χ4n) is 1.06. The van der Waals surface area contributed by atoms with E-state index in [9.17, 15) is 0 Å². The molecule has 1 heterocycles. The van der Waals surface area contributed by atoms with Gasteiger partial charge in [0.1, 0.15) is 0 Å². The van der Waals surface area contributed by atoms with Crippen LogP contribution >= 0.6 is 34.8 Å². The molecule has 99 valence electrons. The summed E-state index contributed by atoms with van der Waals surface area (Å²) in [6.07, 6.45) is 0. The van der Waals surface area contributed by atoms with E-state index in [1.54, 1.807) is 12.1 Å². The van der Waals surface area contributed by atoms with Gasteiger partial charge in [0.25, 0.3) is 0 Å². The smallest absolute Gasteiger partial charge is 0.429 e. The summed E-state index contributed by atoms with van der Waals surface area (Å²) in [7, 11) is 0. The highest BCUT2D eigenvalue weighted by atomic mass is 35.5. The summed E-state index contributed by atoms with van der Waals surface area (Å²) < 4.78 is 0. The molecule has 0 fully saturated rings. The number of para-hydroxylation sites is 1. The minimum absolute atomic E-state index is 0. The molecule has 1 radical (unpaired) electrons. The summed E-state index contributed by atoms with van der Waals surface area (Å²) in [5.41, 5.74) is 0.669. The van der Waals surface area contributed by atoms with E-state index in [-0.39, 0.29) is 24.2 Å². The molecule has 6 nitrogen and oxygen atoms in total. The molecule has 19 heavy (non-hydrogen) atoms. The first-order valence-corrected chi connectivity index (χ1v) is 5.89. The van der Waals surface area contributed by atoms with Crippen molar-refractivity contribution in [2.75, 3.05) is 5.32 Å². The van der Waals surface area contributed by atoms with E-state index in [0.717, 1.165) is 0 Å². The molecular weight excluding hydrogens is 313 g/mol. The number of hydrogen-bond acceptors (Lipinski definition) is 6. The Balaban J connectivity index is 0.000000550. The number of hydrogen-bond donors (Lipinski definition) is 3. The summed E-state index contributed by atoms with van der Waals surface area (Å²) in [4.78, 5) is 11.4. The van der Waals surface area contributed by atoms with Gasteiger partial charge >= 0.3 is 7.69 Å². The van der Waals surface area contributed by atoms with Gasteiger partial charge in [0.05, 0.1) is 10.7 Å². The van der Waals surface area contributed by atoms with Crippen molar-refractivity contribution in [2.24, 2.45) is 0 Å². The maximum absolute atomic E-state index is 7.00. The molecule has 0 atom stereocenters. The van der Waals surface area contributed by atoms with E-state index < -0.39 is 0 Å². The van der Waals surface area contributed by atoms with Gasteiger partial charge in [-0.05, 0) is 35.3 Å². The Kier molecular flexibility index (Phi) is 6.83. The van der Waals surface area contributed by atoms with Crippen molar-refractivity contribution in [3.63, 3.8) is 0 Å². The molecular formula is C9H7BCl3N4O2.